The number of nitrogens with two attached hydrogens (primary N) is 1. The van der Waals surface area contributed by atoms with Crippen LogP contribution in [-0.2, 0) is 75.1 Å². The largest absolute Gasteiger partial charge is 0.481 e. The first-order valence-corrected chi connectivity index (χ1v) is 39.0. The third kappa shape index (κ3) is 35.5. The number of benzene rings is 6. The van der Waals surface area contributed by atoms with Gasteiger partial charge in [0.2, 0.25) is 66.5 Å². The molecule has 1 fully saturated rings. The number of alkyl halides is 6. The quantitative estimate of drug-likeness (QED) is 0.0159. The summed E-state index contributed by atoms with van der Waals surface area (Å²) in [7, 11) is 0. The standard InChI is InChI=1S/C53H65F2N7O15.C19H17F2NO4.C13H18F2N2O.2CH4/c1-30(63)57-40(29-44(68)69)51(74)58-37(22-24-43(66)67)49(72)62-46(45(33-13-7-3-8-14-33)34-15-9-4-10-16-34)52(75)59-36(21-23-42(64)65)48(71)60-38(27-32-11-5-2-6-12-32)50(73)61-39(28-41(54)55)47(70)56-26-25-31-17-19-35(20-18-31)53(76)77;20-17(21)9-16(18(23)24)22-19(25)26-10-15-13-7-3-1-5-11(13)12-6-2-4-8-14(12)15;1-9-2-4-10(5-3-9)6-7-17-13(18)11(16)8-12(14)15;;/h3-4,7-10,13-20,32,36-41,45-46H,2,5-6,11-12,21-29H2,1H3,(H,56,70)(H,57,63)(H,58,74)(H,59,75)(H,60,71)(H,61,73)(H,62,72)(H,64,65)(H,66,67)(H,68,69)(H,76,77);1-8,15-17H,9-10H2,(H,22,25)(H,23,24);2-5,11-12H,6-8,16H2,1H3,(H,17,18);2*1H4/t36-,37-,38-,39-,40-,46-;16-;11-;;/m000../s1. The highest BCUT2D eigenvalue weighted by atomic mass is 19.3. The summed E-state index contributed by atoms with van der Waals surface area (Å²) in [6.45, 7) is 3.30. The first kappa shape index (κ1) is 103. The first-order chi connectivity index (χ1) is 57.6. The molecular weight excluding hydrogens is 1620 g/mol. The second kappa shape index (κ2) is 52.4. The minimum Gasteiger partial charge on any atom is -0.481 e. The SMILES string of the molecule is C.C.CC(=O)N[C@@H](CC(=O)O)C(=O)N[C@@H](CCC(=O)O)C(=O)N[C@H](C(=O)N[C@@H](CCC(=O)O)C(=O)N[C@@H](CC1CCCCC1)C(=O)N[C@@H](CC(F)F)C(=O)NCCc1ccc(C(=O)O)cc1)C(c1ccccc1)c1ccccc1.Cc1ccc(CCNC(=O)[C@@H](N)CC(F)F)cc1.O=C(N[C@@H](CC(F)F)C(=O)O)OCC1c2ccccc2-c2ccccc21. The predicted molar refractivity (Wildman–Crippen MR) is 440 cm³/mol. The molecule has 36 heteroatoms. The van der Waals surface area contributed by atoms with Crippen LogP contribution in [0.4, 0.5) is 31.1 Å². The Morgan fingerprint density at radius 2 is 0.878 bits per heavy atom. The number of carbonyl (C=O) groups is 14. The zero-order valence-electron chi connectivity index (χ0n) is 66.2. The van der Waals surface area contributed by atoms with Gasteiger partial charge in [-0.05, 0) is 102 Å². The molecule has 8 atom stereocenters. The molecule has 0 bridgehead atoms. The molecule has 0 radical (unpaired) electrons. The fourth-order valence-electron chi connectivity index (χ4n) is 13.6. The van der Waals surface area contributed by atoms with Crippen molar-refractivity contribution in [3.05, 3.63) is 202 Å². The Labute approximate surface area is 707 Å². The van der Waals surface area contributed by atoms with Gasteiger partial charge in [-0.1, -0.05) is 198 Å². The Balaban J connectivity index is 0.000000554. The van der Waals surface area contributed by atoms with E-state index in [1.54, 1.807) is 60.7 Å². The fourth-order valence-corrected chi connectivity index (χ4v) is 13.6. The van der Waals surface area contributed by atoms with E-state index >= 15 is 4.79 Å². The molecule has 668 valence electrons. The van der Waals surface area contributed by atoms with Crippen LogP contribution in [0.3, 0.4) is 0 Å². The van der Waals surface area contributed by atoms with Crippen LogP contribution in [0, 0.1) is 12.8 Å². The van der Waals surface area contributed by atoms with Gasteiger partial charge in [-0.2, -0.15) is 0 Å². The summed E-state index contributed by atoms with van der Waals surface area (Å²) in [4.78, 5) is 178. The number of hydrogen-bond donors (Lipinski definition) is 15. The van der Waals surface area contributed by atoms with Crippen molar-refractivity contribution >= 4 is 83.2 Å². The minimum atomic E-state index is -3.08. The minimum absolute atomic E-state index is 0. The Morgan fingerprint density at radius 1 is 0.447 bits per heavy atom. The van der Waals surface area contributed by atoms with Crippen molar-refractivity contribution in [3.8, 4) is 11.1 Å². The molecule has 9 amide bonds. The predicted octanol–water partition coefficient (Wildman–Crippen LogP) is 9.18. The third-order valence-electron chi connectivity index (χ3n) is 19.7. The lowest BCUT2D eigenvalue weighted by Gasteiger charge is -2.32. The topological polar surface area (TPSA) is 484 Å². The van der Waals surface area contributed by atoms with Crippen LogP contribution in [0.5, 0.6) is 0 Å². The molecule has 30 nitrogen and oxygen atoms in total. The normalized spacial score (nSPS) is 14.0. The van der Waals surface area contributed by atoms with Crippen molar-refractivity contribution in [1.29, 1.82) is 0 Å². The molecule has 0 saturated heterocycles. The highest BCUT2D eigenvalue weighted by Crippen LogP contribution is 2.44. The highest BCUT2D eigenvalue weighted by Gasteiger charge is 2.40. The van der Waals surface area contributed by atoms with Gasteiger partial charge in [0.1, 0.15) is 48.9 Å². The molecule has 0 aliphatic heterocycles. The summed E-state index contributed by atoms with van der Waals surface area (Å²) in [5.41, 5.74) is 13.2. The molecule has 1 saturated carbocycles. The Kier molecular flexibility index (Phi) is 43.7. The first-order valence-electron chi connectivity index (χ1n) is 39.0. The molecule has 0 aromatic heterocycles. The van der Waals surface area contributed by atoms with Gasteiger partial charge in [-0.15, -0.1) is 0 Å². The van der Waals surface area contributed by atoms with Crippen molar-refractivity contribution in [3.63, 3.8) is 0 Å². The summed E-state index contributed by atoms with van der Waals surface area (Å²) in [5, 5.41) is 68.4. The number of amides is 9. The van der Waals surface area contributed by atoms with Gasteiger partial charge < -0.3 is 83.9 Å². The average Bonchev–Trinajstić information content (AvgIpc) is 1.62. The smallest absolute Gasteiger partial charge is 0.407 e. The van der Waals surface area contributed by atoms with E-state index in [0.717, 1.165) is 54.0 Å². The van der Waals surface area contributed by atoms with Crippen LogP contribution in [0.2, 0.25) is 0 Å². The number of alkyl carbamates (subject to hydrolysis) is 1. The molecule has 16 N–H and O–H groups in total. The van der Waals surface area contributed by atoms with Crippen molar-refractivity contribution in [1.82, 2.24) is 47.9 Å². The second-order valence-electron chi connectivity index (χ2n) is 28.9. The van der Waals surface area contributed by atoms with E-state index in [1.807, 2.05) is 85.0 Å². The van der Waals surface area contributed by atoms with Gasteiger partial charge in [0.25, 0.3) is 0 Å². The maximum absolute atomic E-state index is 15.0. The molecular formula is C87H108F6N10O20. The van der Waals surface area contributed by atoms with Gasteiger partial charge in [0.15, 0.2) is 0 Å². The van der Waals surface area contributed by atoms with E-state index in [4.69, 9.17) is 15.6 Å². The Bertz CT molecular complexity index is 4380. The molecule has 0 unspecified atom stereocenters. The average molecular weight is 1730 g/mol. The molecule has 0 heterocycles. The van der Waals surface area contributed by atoms with Crippen LogP contribution >= 0.6 is 0 Å². The van der Waals surface area contributed by atoms with Crippen LogP contribution in [0.15, 0.2) is 158 Å². The zero-order valence-corrected chi connectivity index (χ0v) is 66.2. The second-order valence-corrected chi connectivity index (χ2v) is 28.9. The summed E-state index contributed by atoms with van der Waals surface area (Å²) >= 11 is 0. The van der Waals surface area contributed by atoms with E-state index in [2.05, 4.69) is 42.5 Å². The number of carboxylic acid groups (broad SMARTS) is 5. The van der Waals surface area contributed by atoms with Crippen LogP contribution < -0.4 is 53.6 Å². The summed E-state index contributed by atoms with van der Waals surface area (Å²) in [5.74, 6) is -16.4. The number of hydrogen-bond acceptors (Lipinski definition) is 16. The number of ether oxygens (including phenoxy) is 1. The lowest BCUT2D eigenvalue weighted by Crippen LogP contribution is -2.61. The highest BCUT2D eigenvalue weighted by molar-refractivity contribution is 5.99. The van der Waals surface area contributed by atoms with Crippen LogP contribution in [-0.4, -0.2) is 196 Å². The van der Waals surface area contributed by atoms with Crippen molar-refractivity contribution in [2.45, 2.75) is 211 Å². The number of fused-ring (bicyclic) bond motifs is 3. The Hall–Kier alpha value is -12.8. The molecule has 6 aromatic rings. The van der Waals surface area contributed by atoms with E-state index in [-0.39, 0.29) is 58.2 Å². The summed E-state index contributed by atoms with van der Waals surface area (Å²) < 4.78 is 82.0. The summed E-state index contributed by atoms with van der Waals surface area (Å²) in [6, 6.07) is 32.2. The maximum Gasteiger partial charge on any atom is 0.407 e. The van der Waals surface area contributed by atoms with Crippen molar-refractivity contribution in [2.24, 2.45) is 11.7 Å². The molecule has 0 spiro atoms. The molecule has 2 aliphatic rings. The van der Waals surface area contributed by atoms with Gasteiger partial charge >= 0.3 is 35.9 Å². The van der Waals surface area contributed by atoms with Crippen molar-refractivity contribution < 1.29 is 124 Å². The third-order valence-corrected chi connectivity index (χ3v) is 19.7. The number of aliphatic carboxylic acids is 4. The zero-order chi connectivity index (χ0) is 88.8. The number of aromatic carboxylic acids is 1. The fraction of sp³-hybridized carbons (Fsp3) is 0.425. The van der Waals surface area contributed by atoms with Crippen LogP contribution in [0.1, 0.15) is 173 Å². The van der Waals surface area contributed by atoms with E-state index in [1.165, 1.54) is 29.8 Å². The molecule has 123 heavy (non-hydrogen) atoms. The number of nitrogens with one attached hydrogen (secondary N) is 9. The monoisotopic (exact) mass is 1730 g/mol. The van der Waals surface area contributed by atoms with Crippen LogP contribution in [0.25, 0.3) is 11.1 Å². The van der Waals surface area contributed by atoms with E-state index < -0.39 is 208 Å². The number of carboxylic acids is 5. The lowest BCUT2D eigenvalue weighted by molar-refractivity contribution is -0.141. The molecule has 2 aliphatic carbocycles. The van der Waals surface area contributed by atoms with E-state index in [9.17, 15) is 109 Å². The van der Waals surface area contributed by atoms with Gasteiger partial charge in [0.05, 0.1) is 18.0 Å². The van der Waals surface area contributed by atoms with Gasteiger partial charge in [0, 0.05) is 64.0 Å². The molecule has 6 aromatic carbocycles. The maximum atomic E-state index is 15.0. The Morgan fingerprint density at radius 3 is 1.35 bits per heavy atom. The van der Waals surface area contributed by atoms with Gasteiger partial charge in [-0.3, -0.25) is 52.7 Å². The van der Waals surface area contributed by atoms with Crippen molar-refractivity contribution in [2.75, 3.05) is 19.7 Å². The lowest BCUT2D eigenvalue weighted by atomic mass is 9.84. The molecule has 8 rings (SSSR count). The number of aryl methyl sites for hydroxylation is 1. The number of rotatable bonds is 43. The number of carbonyl (C=O) groups excluding carboxylic acids is 9. The summed E-state index contributed by atoms with van der Waals surface area (Å²) in [6.07, 6.45) is -11.3. The van der Waals surface area contributed by atoms with E-state index in [0.29, 0.717) is 42.5 Å². The number of halogens is 6. The van der Waals surface area contributed by atoms with Gasteiger partial charge in [-0.25, -0.2) is 40.7 Å².